The second-order valence-corrected chi connectivity index (χ2v) is 3.96. The van der Waals surface area contributed by atoms with Gasteiger partial charge in [0.2, 0.25) is 5.91 Å². The fourth-order valence-corrected chi connectivity index (χ4v) is 1.22. The number of amides is 2. The first-order chi connectivity index (χ1) is 8.49. The highest BCUT2D eigenvalue weighted by molar-refractivity contribution is 5.96. The number of benzene rings is 1. The van der Waals surface area contributed by atoms with Crippen LogP contribution in [0.4, 0.5) is 5.69 Å². The van der Waals surface area contributed by atoms with Crippen LogP contribution < -0.4 is 16.4 Å². The van der Waals surface area contributed by atoms with E-state index in [-0.39, 0.29) is 24.9 Å². The molecular formula is C12H17N3O3. The minimum Gasteiger partial charge on any atom is -0.399 e. The van der Waals surface area contributed by atoms with Gasteiger partial charge in [-0.2, -0.15) is 0 Å². The molecule has 0 fully saturated rings. The van der Waals surface area contributed by atoms with Gasteiger partial charge in [0.05, 0.1) is 12.6 Å². The van der Waals surface area contributed by atoms with Gasteiger partial charge in [0.25, 0.3) is 5.91 Å². The molecule has 0 unspecified atom stereocenters. The Kier molecular flexibility index (Phi) is 5.13. The Morgan fingerprint density at radius 3 is 2.44 bits per heavy atom. The van der Waals surface area contributed by atoms with Crippen molar-refractivity contribution < 1.29 is 14.7 Å². The fourth-order valence-electron chi connectivity index (χ4n) is 1.22. The number of nitrogens with one attached hydrogen (secondary N) is 2. The third-order valence-corrected chi connectivity index (χ3v) is 2.18. The Morgan fingerprint density at radius 2 is 1.89 bits per heavy atom. The Hall–Kier alpha value is -2.08. The molecule has 0 aliphatic rings. The van der Waals surface area contributed by atoms with Crippen LogP contribution in [0.25, 0.3) is 0 Å². The molecule has 1 aromatic carbocycles. The lowest BCUT2D eigenvalue weighted by atomic mass is 10.2. The van der Waals surface area contributed by atoms with E-state index in [4.69, 9.17) is 10.8 Å². The van der Waals surface area contributed by atoms with Crippen molar-refractivity contribution in [3.8, 4) is 0 Å². The highest BCUT2D eigenvalue weighted by Gasteiger charge is 2.07. The second kappa shape index (κ2) is 6.61. The van der Waals surface area contributed by atoms with E-state index in [0.717, 1.165) is 0 Å². The molecule has 0 heterocycles. The minimum atomic E-state index is -0.609. The lowest BCUT2D eigenvalue weighted by Crippen LogP contribution is -2.39. The number of hydrogen-bond donors (Lipinski definition) is 4. The van der Waals surface area contributed by atoms with Gasteiger partial charge in [-0.25, -0.2) is 0 Å². The van der Waals surface area contributed by atoms with E-state index < -0.39 is 6.10 Å². The number of hydrogen-bond acceptors (Lipinski definition) is 4. The highest BCUT2D eigenvalue weighted by atomic mass is 16.3. The molecule has 0 saturated carbocycles. The van der Waals surface area contributed by atoms with Crippen molar-refractivity contribution in [2.75, 3.05) is 18.8 Å². The number of carbonyl (C=O) groups is 2. The van der Waals surface area contributed by atoms with Gasteiger partial charge in [-0.05, 0) is 31.2 Å². The number of aliphatic hydroxyl groups excluding tert-OH is 1. The highest BCUT2D eigenvalue weighted by Crippen LogP contribution is 2.04. The van der Waals surface area contributed by atoms with Gasteiger partial charge in [0.1, 0.15) is 0 Å². The Balaban J connectivity index is 2.37. The van der Waals surface area contributed by atoms with E-state index in [1.165, 1.54) is 0 Å². The van der Waals surface area contributed by atoms with Gasteiger partial charge in [-0.3, -0.25) is 9.59 Å². The molecule has 6 heteroatoms. The van der Waals surface area contributed by atoms with Gasteiger partial charge in [0.15, 0.2) is 0 Å². The summed E-state index contributed by atoms with van der Waals surface area (Å²) in [4.78, 5) is 22.9. The van der Waals surface area contributed by atoms with Crippen molar-refractivity contribution >= 4 is 17.5 Å². The van der Waals surface area contributed by atoms with Gasteiger partial charge in [0, 0.05) is 17.8 Å². The molecule has 5 N–H and O–H groups in total. The molecule has 1 rings (SSSR count). The summed E-state index contributed by atoms with van der Waals surface area (Å²) in [6.07, 6.45) is -0.609. The molecule has 18 heavy (non-hydrogen) atoms. The Labute approximate surface area is 105 Å². The van der Waals surface area contributed by atoms with Gasteiger partial charge >= 0.3 is 0 Å². The summed E-state index contributed by atoms with van der Waals surface area (Å²) < 4.78 is 0. The quantitative estimate of drug-likeness (QED) is 0.529. The molecule has 0 aromatic heterocycles. The lowest BCUT2D eigenvalue weighted by Gasteiger charge is -2.08. The second-order valence-electron chi connectivity index (χ2n) is 3.96. The van der Waals surface area contributed by atoms with Crippen LogP contribution in [0.15, 0.2) is 24.3 Å². The maximum absolute atomic E-state index is 11.6. The maximum atomic E-state index is 11.6. The SMILES string of the molecule is C[C@H](O)CNC(=O)CNC(=O)c1ccc(N)cc1. The van der Waals surface area contributed by atoms with Crippen LogP contribution in [-0.4, -0.2) is 36.1 Å². The molecule has 98 valence electrons. The first-order valence-electron chi connectivity index (χ1n) is 5.57. The molecule has 0 saturated heterocycles. The summed E-state index contributed by atoms with van der Waals surface area (Å²) in [7, 11) is 0. The largest absolute Gasteiger partial charge is 0.399 e. The molecule has 1 atom stereocenters. The van der Waals surface area contributed by atoms with Gasteiger partial charge < -0.3 is 21.5 Å². The van der Waals surface area contributed by atoms with Crippen LogP contribution in [0.2, 0.25) is 0 Å². The zero-order valence-corrected chi connectivity index (χ0v) is 10.1. The molecule has 0 radical (unpaired) electrons. The molecular weight excluding hydrogens is 234 g/mol. The van der Waals surface area contributed by atoms with E-state index in [1.807, 2.05) is 0 Å². The van der Waals surface area contributed by atoms with Crippen LogP contribution in [0.1, 0.15) is 17.3 Å². The number of rotatable bonds is 5. The standard InChI is InChI=1S/C12H17N3O3/c1-8(16)6-14-11(17)7-15-12(18)9-2-4-10(13)5-3-9/h2-5,8,16H,6-7,13H2,1H3,(H,14,17)(H,15,18)/t8-/m0/s1. The van der Waals surface area contributed by atoms with Crippen LogP contribution in [0.3, 0.4) is 0 Å². The molecule has 6 nitrogen and oxygen atoms in total. The number of nitrogen functional groups attached to an aromatic ring is 1. The third-order valence-electron chi connectivity index (χ3n) is 2.18. The van der Waals surface area contributed by atoms with Crippen molar-refractivity contribution in [2.45, 2.75) is 13.0 Å². The van der Waals surface area contributed by atoms with E-state index in [9.17, 15) is 9.59 Å². The number of carbonyl (C=O) groups excluding carboxylic acids is 2. The monoisotopic (exact) mass is 251 g/mol. The summed E-state index contributed by atoms with van der Waals surface area (Å²) in [5, 5.41) is 13.9. The number of aliphatic hydroxyl groups is 1. The third kappa shape index (κ3) is 4.84. The van der Waals surface area contributed by atoms with E-state index in [2.05, 4.69) is 10.6 Å². The predicted octanol–water partition coefficient (Wildman–Crippen LogP) is -0.504. The maximum Gasteiger partial charge on any atom is 0.251 e. The summed E-state index contributed by atoms with van der Waals surface area (Å²) in [6, 6.07) is 6.39. The summed E-state index contributed by atoms with van der Waals surface area (Å²) in [5.41, 5.74) is 6.51. The van der Waals surface area contributed by atoms with Crippen LogP contribution in [-0.2, 0) is 4.79 Å². The Morgan fingerprint density at radius 1 is 1.28 bits per heavy atom. The molecule has 1 aromatic rings. The van der Waals surface area contributed by atoms with E-state index in [1.54, 1.807) is 31.2 Å². The molecule has 2 amide bonds. The Bertz CT molecular complexity index is 415. The van der Waals surface area contributed by atoms with E-state index >= 15 is 0 Å². The smallest absolute Gasteiger partial charge is 0.251 e. The fraction of sp³-hybridized carbons (Fsp3) is 0.333. The first-order valence-corrected chi connectivity index (χ1v) is 5.57. The van der Waals surface area contributed by atoms with E-state index in [0.29, 0.717) is 11.3 Å². The van der Waals surface area contributed by atoms with Gasteiger partial charge in [-0.15, -0.1) is 0 Å². The lowest BCUT2D eigenvalue weighted by molar-refractivity contribution is -0.120. The molecule has 0 bridgehead atoms. The average molecular weight is 251 g/mol. The minimum absolute atomic E-state index is 0.129. The van der Waals surface area contributed by atoms with Crippen molar-refractivity contribution in [3.05, 3.63) is 29.8 Å². The molecule has 0 aliphatic carbocycles. The first kappa shape index (κ1) is 14.0. The average Bonchev–Trinajstić information content (AvgIpc) is 2.34. The predicted molar refractivity (Wildman–Crippen MR) is 67.9 cm³/mol. The number of anilines is 1. The molecule has 0 spiro atoms. The summed E-state index contributed by atoms with van der Waals surface area (Å²) >= 11 is 0. The summed E-state index contributed by atoms with van der Waals surface area (Å²) in [5.74, 6) is -0.693. The normalized spacial score (nSPS) is 11.7. The van der Waals surface area contributed by atoms with Crippen molar-refractivity contribution in [1.82, 2.24) is 10.6 Å². The molecule has 0 aliphatic heterocycles. The zero-order valence-electron chi connectivity index (χ0n) is 10.1. The summed E-state index contributed by atoms with van der Waals surface area (Å²) in [6.45, 7) is 1.60. The van der Waals surface area contributed by atoms with Crippen LogP contribution >= 0.6 is 0 Å². The topological polar surface area (TPSA) is 104 Å². The number of nitrogens with two attached hydrogens (primary N) is 1. The zero-order chi connectivity index (χ0) is 13.5. The van der Waals surface area contributed by atoms with Crippen LogP contribution in [0, 0.1) is 0 Å². The van der Waals surface area contributed by atoms with Crippen LogP contribution in [0.5, 0.6) is 0 Å². The van der Waals surface area contributed by atoms with Crippen molar-refractivity contribution in [2.24, 2.45) is 0 Å². The van der Waals surface area contributed by atoms with Crippen molar-refractivity contribution in [3.63, 3.8) is 0 Å². The van der Waals surface area contributed by atoms with Crippen molar-refractivity contribution in [1.29, 1.82) is 0 Å². The van der Waals surface area contributed by atoms with Gasteiger partial charge in [-0.1, -0.05) is 0 Å².